The van der Waals surface area contributed by atoms with Gasteiger partial charge in [0.1, 0.15) is 12.2 Å². The number of H-pyrrole nitrogens is 1. The molecule has 0 amide bonds. The molecule has 0 aromatic carbocycles. The minimum Gasteiger partial charge on any atom is -0.307 e. The van der Waals surface area contributed by atoms with Crippen LogP contribution in [0.3, 0.4) is 0 Å². The fourth-order valence-corrected chi connectivity index (χ4v) is 2.53. The highest BCUT2D eigenvalue weighted by atomic mass is 15.3. The normalized spacial score (nSPS) is 13.0. The molecule has 0 aliphatic carbocycles. The van der Waals surface area contributed by atoms with Crippen molar-refractivity contribution in [3.8, 4) is 0 Å². The van der Waals surface area contributed by atoms with Crippen LogP contribution < -0.4 is 5.32 Å². The van der Waals surface area contributed by atoms with E-state index in [9.17, 15) is 0 Å². The Morgan fingerprint density at radius 3 is 2.71 bits per heavy atom. The van der Waals surface area contributed by atoms with Gasteiger partial charge in [0.2, 0.25) is 0 Å². The average molecular weight is 290 g/mol. The molecule has 0 aliphatic rings. The summed E-state index contributed by atoms with van der Waals surface area (Å²) >= 11 is 0. The van der Waals surface area contributed by atoms with Crippen LogP contribution in [0.2, 0.25) is 0 Å². The van der Waals surface area contributed by atoms with Crippen molar-refractivity contribution in [2.75, 3.05) is 6.54 Å². The van der Waals surface area contributed by atoms with Gasteiger partial charge in [0, 0.05) is 12.6 Å². The molecule has 2 rings (SSSR count). The number of hydrogen-bond acceptors (Lipinski definition) is 4. The molecule has 2 heterocycles. The van der Waals surface area contributed by atoms with E-state index in [-0.39, 0.29) is 6.04 Å². The lowest BCUT2D eigenvalue weighted by Crippen LogP contribution is -2.25. The molecule has 6 nitrogen and oxygen atoms in total. The van der Waals surface area contributed by atoms with Crippen molar-refractivity contribution >= 4 is 0 Å². The molecular formula is C15H26N6. The monoisotopic (exact) mass is 290 g/mol. The van der Waals surface area contributed by atoms with Crippen LogP contribution in [-0.2, 0) is 6.42 Å². The SMILES string of the molecule is CCCNC(Cc1ccn(C(CC)CC)n1)c1ncn[nH]1. The first-order valence-electron chi connectivity index (χ1n) is 7.91. The second-order valence-corrected chi connectivity index (χ2v) is 5.34. The van der Waals surface area contributed by atoms with Crippen molar-refractivity contribution in [3.63, 3.8) is 0 Å². The van der Waals surface area contributed by atoms with Gasteiger partial charge < -0.3 is 5.32 Å². The Bertz CT molecular complexity index is 500. The zero-order chi connectivity index (χ0) is 15.1. The zero-order valence-electron chi connectivity index (χ0n) is 13.2. The van der Waals surface area contributed by atoms with E-state index in [0.717, 1.165) is 43.7 Å². The van der Waals surface area contributed by atoms with Gasteiger partial charge in [-0.1, -0.05) is 20.8 Å². The molecule has 0 saturated carbocycles. The van der Waals surface area contributed by atoms with Gasteiger partial charge in [-0.2, -0.15) is 10.2 Å². The number of aromatic amines is 1. The van der Waals surface area contributed by atoms with E-state index in [1.807, 2.05) is 0 Å². The van der Waals surface area contributed by atoms with Gasteiger partial charge in [0.05, 0.1) is 17.8 Å². The van der Waals surface area contributed by atoms with Gasteiger partial charge in [0.25, 0.3) is 0 Å². The third kappa shape index (κ3) is 4.14. The number of aromatic nitrogens is 5. The fraction of sp³-hybridized carbons (Fsp3) is 0.667. The number of nitrogens with zero attached hydrogens (tertiary/aromatic N) is 4. The van der Waals surface area contributed by atoms with Crippen molar-refractivity contribution in [2.24, 2.45) is 0 Å². The van der Waals surface area contributed by atoms with E-state index in [2.05, 4.69) is 58.2 Å². The van der Waals surface area contributed by atoms with E-state index in [1.165, 1.54) is 0 Å². The summed E-state index contributed by atoms with van der Waals surface area (Å²) in [6, 6.07) is 2.73. The quantitative estimate of drug-likeness (QED) is 0.745. The van der Waals surface area contributed by atoms with Crippen molar-refractivity contribution < 1.29 is 0 Å². The highest BCUT2D eigenvalue weighted by Crippen LogP contribution is 2.17. The molecule has 0 radical (unpaired) electrons. The molecular weight excluding hydrogens is 264 g/mol. The van der Waals surface area contributed by atoms with Gasteiger partial charge in [0.15, 0.2) is 0 Å². The van der Waals surface area contributed by atoms with Gasteiger partial charge in [-0.3, -0.25) is 9.78 Å². The van der Waals surface area contributed by atoms with Gasteiger partial charge in [-0.25, -0.2) is 4.98 Å². The molecule has 2 aromatic heterocycles. The lowest BCUT2D eigenvalue weighted by Gasteiger charge is -2.15. The van der Waals surface area contributed by atoms with E-state index in [4.69, 9.17) is 5.10 Å². The maximum absolute atomic E-state index is 4.72. The van der Waals surface area contributed by atoms with Crippen molar-refractivity contribution in [1.29, 1.82) is 0 Å². The first kappa shape index (κ1) is 15.7. The smallest absolute Gasteiger partial charge is 0.141 e. The van der Waals surface area contributed by atoms with E-state index < -0.39 is 0 Å². The standard InChI is InChI=1S/C15H26N6/c1-4-8-16-14(15-17-11-18-19-15)10-12-7-9-21(20-12)13(5-2)6-3/h7,9,11,13-14,16H,4-6,8,10H2,1-3H3,(H,17,18,19). The van der Waals surface area contributed by atoms with Crippen LogP contribution in [0.4, 0.5) is 0 Å². The summed E-state index contributed by atoms with van der Waals surface area (Å²) in [5.74, 6) is 0.875. The Labute approximate surface area is 126 Å². The van der Waals surface area contributed by atoms with E-state index in [0.29, 0.717) is 6.04 Å². The van der Waals surface area contributed by atoms with Gasteiger partial charge in [-0.05, 0) is 31.9 Å². The summed E-state index contributed by atoms with van der Waals surface area (Å²) in [6.45, 7) is 7.52. The second-order valence-electron chi connectivity index (χ2n) is 5.34. The predicted molar refractivity (Wildman–Crippen MR) is 83.0 cm³/mol. The first-order chi connectivity index (χ1) is 10.3. The lowest BCUT2D eigenvalue weighted by molar-refractivity contribution is 0.421. The van der Waals surface area contributed by atoms with Crippen LogP contribution in [0, 0.1) is 0 Å². The summed E-state index contributed by atoms with van der Waals surface area (Å²) in [5, 5.41) is 15.1. The summed E-state index contributed by atoms with van der Waals surface area (Å²) in [5.41, 5.74) is 1.09. The average Bonchev–Trinajstić information content (AvgIpc) is 3.16. The van der Waals surface area contributed by atoms with E-state index in [1.54, 1.807) is 6.33 Å². The molecule has 6 heteroatoms. The zero-order valence-corrected chi connectivity index (χ0v) is 13.2. The highest BCUT2D eigenvalue weighted by Gasteiger charge is 2.16. The molecule has 0 bridgehead atoms. The minimum atomic E-state index is 0.137. The van der Waals surface area contributed by atoms with Gasteiger partial charge in [-0.15, -0.1) is 0 Å². The molecule has 2 aromatic rings. The lowest BCUT2D eigenvalue weighted by atomic mass is 10.1. The van der Waals surface area contributed by atoms with Crippen LogP contribution in [0.25, 0.3) is 0 Å². The molecule has 0 spiro atoms. The first-order valence-corrected chi connectivity index (χ1v) is 7.91. The molecule has 2 N–H and O–H groups in total. The number of nitrogens with one attached hydrogen (secondary N) is 2. The molecule has 0 fully saturated rings. The Balaban J connectivity index is 2.06. The third-order valence-corrected chi connectivity index (χ3v) is 3.80. The van der Waals surface area contributed by atoms with Crippen LogP contribution in [-0.4, -0.2) is 31.5 Å². The number of rotatable bonds is 9. The largest absolute Gasteiger partial charge is 0.307 e. The summed E-state index contributed by atoms with van der Waals surface area (Å²) in [7, 11) is 0. The Kier molecular flexibility index (Phi) is 5.92. The molecule has 1 atom stereocenters. The summed E-state index contributed by atoms with van der Waals surface area (Å²) in [6.07, 6.45) is 7.77. The Hall–Kier alpha value is -1.69. The second kappa shape index (κ2) is 7.93. The molecule has 0 aliphatic heterocycles. The van der Waals surface area contributed by atoms with Gasteiger partial charge >= 0.3 is 0 Å². The topological polar surface area (TPSA) is 71.4 Å². The van der Waals surface area contributed by atoms with Crippen molar-refractivity contribution in [1.82, 2.24) is 30.3 Å². The summed E-state index contributed by atoms with van der Waals surface area (Å²) < 4.78 is 2.09. The molecule has 116 valence electrons. The summed E-state index contributed by atoms with van der Waals surface area (Å²) in [4.78, 5) is 4.28. The highest BCUT2D eigenvalue weighted by molar-refractivity contribution is 5.06. The molecule has 21 heavy (non-hydrogen) atoms. The van der Waals surface area contributed by atoms with Crippen molar-refractivity contribution in [2.45, 2.75) is 58.5 Å². The van der Waals surface area contributed by atoms with Crippen LogP contribution >= 0.6 is 0 Å². The van der Waals surface area contributed by atoms with Crippen LogP contribution in [0.5, 0.6) is 0 Å². The molecule has 1 unspecified atom stereocenters. The fourth-order valence-electron chi connectivity index (χ4n) is 2.53. The third-order valence-electron chi connectivity index (χ3n) is 3.80. The number of hydrogen-bond donors (Lipinski definition) is 2. The van der Waals surface area contributed by atoms with E-state index >= 15 is 0 Å². The predicted octanol–water partition coefficient (Wildman–Crippen LogP) is 2.65. The van der Waals surface area contributed by atoms with Crippen LogP contribution in [0.15, 0.2) is 18.6 Å². The maximum Gasteiger partial charge on any atom is 0.141 e. The van der Waals surface area contributed by atoms with Crippen molar-refractivity contribution in [3.05, 3.63) is 30.1 Å². The molecule has 0 saturated heterocycles. The van der Waals surface area contributed by atoms with Crippen LogP contribution in [0.1, 0.15) is 63.6 Å². The Morgan fingerprint density at radius 2 is 2.10 bits per heavy atom. The maximum atomic E-state index is 4.72. The Morgan fingerprint density at radius 1 is 1.29 bits per heavy atom. The minimum absolute atomic E-state index is 0.137.